The van der Waals surface area contributed by atoms with E-state index in [1.54, 1.807) is 0 Å². The maximum absolute atomic E-state index is 12.4. The van der Waals surface area contributed by atoms with Gasteiger partial charge in [-0.3, -0.25) is 9.69 Å². The van der Waals surface area contributed by atoms with Gasteiger partial charge in [0, 0.05) is 57.9 Å². The lowest BCUT2D eigenvalue weighted by atomic mass is 10.2. The number of piperazine rings is 1. The van der Waals surface area contributed by atoms with E-state index in [2.05, 4.69) is 10.2 Å². The van der Waals surface area contributed by atoms with Crippen molar-refractivity contribution in [3.05, 3.63) is 35.9 Å². The Morgan fingerprint density at radius 2 is 1.73 bits per heavy atom. The normalized spacial score (nSPS) is 19.4. The van der Waals surface area contributed by atoms with Crippen molar-refractivity contribution >= 4 is 11.9 Å². The molecule has 118 valence electrons. The minimum atomic E-state index is 0.0397. The molecule has 1 aromatic carbocycles. The Morgan fingerprint density at radius 3 is 2.36 bits per heavy atom. The quantitative estimate of drug-likeness (QED) is 0.879. The first-order chi connectivity index (χ1) is 10.7. The third kappa shape index (κ3) is 3.39. The van der Waals surface area contributed by atoms with E-state index in [-0.39, 0.29) is 11.9 Å². The first-order valence-electron chi connectivity index (χ1n) is 7.83. The molecule has 3 amide bonds. The summed E-state index contributed by atoms with van der Waals surface area (Å²) in [5.41, 5.74) is 0.754. The molecular formula is C16H22N4O2. The first kappa shape index (κ1) is 14.8. The molecule has 22 heavy (non-hydrogen) atoms. The van der Waals surface area contributed by atoms with Crippen molar-refractivity contribution in [1.29, 1.82) is 0 Å². The number of hydrogen-bond donors (Lipinski definition) is 1. The van der Waals surface area contributed by atoms with Crippen LogP contribution in [-0.4, -0.2) is 79.0 Å². The van der Waals surface area contributed by atoms with Gasteiger partial charge in [0.05, 0.1) is 0 Å². The number of rotatable bonds is 4. The van der Waals surface area contributed by atoms with Crippen molar-refractivity contribution in [2.45, 2.75) is 0 Å². The van der Waals surface area contributed by atoms with Gasteiger partial charge in [0.2, 0.25) is 0 Å². The number of nitrogens with one attached hydrogen (secondary N) is 1. The molecule has 0 bridgehead atoms. The lowest BCUT2D eigenvalue weighted by Crippen LogP contribution is -2.50. The van der Waals surface area contributed by atoms with Crippen LogP contribution in [0, 0.1) is 0 Å². The molecule has 0 atom stereocenters. The Kier molecular flexibility index (Phi) is 4.58. The highest BCUT2D eigenvalue weighted by molar-refractivity contribution is 5.94. The van der Waals surface area contributed by atoms with E-state index in [0.29, 0.717) is 0 Å². The van der Waals surface area contributed by atoms with Crippen LogP contribution >= 0.6 is 0 Å². The van der Waals surface area contributed by atoms with E-state index in [1.165, 1.54) is 0 Å². The number of benzene rings is 1. The molecule has 2 saturated heterocycles. The van der Waals surface area contributed by atoms with Crippen molar-refractivity contribution in [2.75, 3.05) is 52.4 Å². The second kappa shape index (κ2) is 6.79. The van der Waals surface area contributed by atoms with Crippen LogP contribution in [0.3, 0.4) is 0 Å². The van der Waals surface area contributed by atoms with Gasteiger partial charge in [-0.25, -0.2) is 4.79 Å². The Hall–Kier alpha value is -2.08. The monoisotopic (exact) mass is 302 g/mol. The van der Waals surface area contributed by atoms with E-state index in [4.69, 9.17) is 0 Å². The molecule has 0 unspecified atom stereocenters. The molecule has 2 heterocycles. The molecule has 2 aliphatic heterocycles. The van der Waals surface area contributed by atoms with Crippen LogP contribution in [0.25, 0.3) is 0 Å². The number of urea groups is 1. The summed E-state index contributed by atoms with van der Waals surface area (Å²) in [7, 11) is 0. The van der Waals surface area contributed by atoms with Crippen molar-refractivity contribution in [3.8, 4) is 0 Å². The fourth-order valence-electron chi connectivity index (χ4n) is 2.92. The minimum Gasteiger partial charge on any atom is -0.336 e. The Morgan fingerprint density at radius 1 is 1.00 bits per heavy atom. The van der Waals surface area contributed by atoms with Crippen molar-refractivity contribution in [3.63, 3.8) is 0 Å². The molecule has 6 nitrogen and oxygen atoms in total. The number of nitrogens with zero attached hydrogens (tertiary/aromatic N) is 3. The topological polar surface area (TPSA) is 55.9 Å². The zero-order valence-corrected chi connectivity index (χ0v) is 12.7. The number of hydrogen-bond acceptors (Lipinski definition) is 3. The van der Waals surface area contributed by atoms with Crippen LogP contribution in [0.4, 0.5) is 4.79 Å². The van der Waals surface area contributed by atoms with Crippen LogP contribution in [0.2, 0.25) is 0 Å². The standard InChI is InChI=1S/C16H22N4O2/c21-15(14-4-2-1-3-5-14)19-11-8-18(9-12-19)10-13-20-7-6-17-16(20)22/h1-5H,6-13H2,(H,17,22). The zero-order chi connectivity index (χ0) is 15.4. The van der Waals surface area contributed by atoms with E-state index in [0.717, 1.165) is 57.9 Å². The molecule has 1 N–H and O–H groups in total. The summed E-state index contributed by atoms with van der Waals surface area (Å²) in [6.07, 6.45) is 0. The van der Waals surface area contributed by atoms with Gasteiger partial charge < -0.3 is 15.1 Å². The van der Waals surface area contributed by atoms with Crippen molar-refractivity contribution in [1.82, 2.24) is 20.0 Å². The van der Waals surface area contributed by atoms with Gasteiger partial charge in [0.25, 0.3) is 5.91 Å². The summed E-state index contributed by atoms with van der Waals surface area (Å²) >= 11 is 0. The summed E-state index contributed by atoms with van der Waals surface area (Å²) in [5.74, 6) is 0.110. The zero-order valence-electron chi connectivity index (χ0n) is 12.7. The van der Waals surface area contributed by atoms with Gasteiger partial charge in [-0.15, -0.1) is 0 Å². The highest BCUT2D eigenvalue weighted by Gasteiger charge is 2.24. The summed E-state index contributed by atoms with van der Waals surface area (Å²) in [5, 5.41) is 2.81. The lowest BCUT2D eigenvalue weighted by Gasteiger charge is -2.35. The van der Waals surface area contributed by atoms with Gasteiger partial charge in [0.15, 0.2) is 0 Å². The molecule has 1 aromatic rings. The average Bonchev–Trinajstić information content (AvgIpc) is 2.99. The number of carbonyl (C=O) groups is 2. The van der Waals surface area contributed by atoms with Crippen LogP contribution < -0.4 is 5.32 Å². The number of carbonyl (C=O) groups excluding carboxylic acids is 2. The van der Waals surface area contributed by atoms with Crippen LogP contribution in [0.5, 0.6) is 0 Å². The second-order valence-corrected chi connectivity index (χ2v) is 5.72. The van der Waals surface area contributed by atoms with Crippen LogP contribution in [-0.2, 0) is 0 Å². The predicted octanol–water partition coefficient (Wildman–Crippen LogP) is 0.470. The van der Waals surface area contributed by atoms with Gasteiger partial charge >= 0.3 is 6.03 Å². The smallest absolute Gasteiger partial charge is 0.317 e. The van der Waals surface area contributed by atoms with Crippen LogP contribution in [0.1, 0.15) is 10.4 Å². The Labute approximate surface area is 130 Å². The predicted molar refractivity (Wildman–Crippen MR) is 83.8 cm³/mol. The largest absolute Gasteiger partial charge is 0.336 e. The second-order valence-electron chi connectivity index (χ2n) is 5.72. The maximum Gasteiger partial charge on any atom is 0.317 e. The Bertz CT molecular complexity index is 526. The molecule has 2 fully saturated rings. The molecule has 2 aliphatic rings. The number of amides is 3. The molecule has 0 spiro atoms. The third-order valence-corrected chi connectivity index (χ3v) is 4.31. The fourth-order valence-corrected chi connectivity index (χ4v) is 2.92. The first-order valence-corrected chi connectivity index (χ1v) is 7.83. The maximum atomic E-state index is 12.4. The molecule has 0 aliphatic carbocycles. The van der Waals surface area contributed by atoms with Gasteiger partial charge in [0.1, 0.15) is 0 Å². The van der Waals surface area contributed by atoms with Gasteiger partial charge in [-0.2, -0.15) is 0 Å². The minimum absolute atomic E-state index is 0.0397. The SMILES string of the molecule is O=C1NCCN1CCN1CCN(C(=O)c2ccccc2)CC1. The summed E-state index contributed by atoms with van der Waals surface area (Å²) in [6, 6.07) is 9.47. The van der Waals surface area contributed by atoms with E-state index in [9.17, 15) is 9.59 Å². The van der Waals surface area contributed by atoms with E-state index < -0.39 is 0 Å². The Balaban J connectivity index is 1.44. The molecular weight excluding hydrogens is 280 g/mol. The molecule has 6 heteroatoms. The van der Waals surface area contributed by atoms with Gasteiger partial charge in [-0.05, 0) is 12.1 Å². The average molecular weight is 302 g/mol. The summed E-state index contributed by atoms with van der Waals surface area (Å²) in [4.78, 5) is 29.9. The van der Waals surface area contributed by atoms with E-state index >= 15 is 0 Å². The van der Waals surface area contributed by atoms with E-state index in [1.807, 2.05) is 40.1 Å². The molecule has 0 radical (unpaired) electrons. The molecule has 0 saturated carbocycles. The fraction of sp³-hybridized carbons (Fsp3) is 0.500. The highest BCUT2D eigenvalue weighted by Crippen LogP contribution is 2.09. The lowest BCUT2D eigenvalue weighted by molar-refractivity contribution is 0.0630. The highest BCUT2D eigenvalue weighted by atomic mass is 16.2. The van der Waals surface area contributed by atoms with Crippen LogP contribution in [0.15, 0.2) is 30.3 Å². The summed E-state index contributed by atoms with van der Waals surface area (Å²) in [6.45, 7) is 6.42. The van der Waals surface area contributed by atoms with Crippen molar-refractivity contribution in [2.24, 2.45) is 0 Å². The van der Waals surface area contributed by atoms with Crippen molar-refractivity contribution < 1.29 is 9.59 Å². The molecule has 3 rings (SSSR count). The molecule has 0 aromatic heterocycles. The summed E-state index contributed by atoms with van der Waals surface area (Å²) < 4.78 is 0. The third-order valence-electron chi connectivity index (χ3n) is 4.31. The van der Waals surface area contributed by atoms with Gasteiger partial charge in [-0.1, -0.05) is 18.2 Å².